The maximum Gasteiger partial charge on any atom is 0.0920 e. The summed E-state index contributed by atoms with van der Waals surface area (Å²) in [6, 6.07) is 0. The molecule has 0 unspecified atom stereocenters. The Hall–Kier alpha value is -0.850. The van der Waals surface area contributed by atoms with Gasteiger partial charge < -0.3 is 0 Å². The molecule has 0 N–H and O–H groups in total. The molecule has 1 radical (unpaired) electrons. The third-order valence-electron chi connectivity index (χ3n) is 1.88. The van der Waals surface area contributed by atoms with Gasteiger partial charge in [0.15, 0.2) is 0 Å². The lowest BCUT2D eigenvalue weighted by atomic mass is 10.1. The Morgan fingerprint density at radius 3 is 2.70 bits per heavy atom. The van der Waals surface area contributed by atoms with Crippen LogP contribution in [-0.2, 0) is 6.42 Å². The van der Waals surface area contributed by atoms with Gasteiger partial charge in [0.2, 0.25) is 0 Å². The molecule has 1 aromatic heterocycles. The minimum atomic E-state index is 1.06. The highest BCUT2D eigenvalue weighted by atomic mass is 14.6. The molecule has 53 valence electrons. The first-order chi connectivity index (χ1) is 4.75. The van der Waals surface area contributed by atoms with E-state index in [1.807, 2.05) is 13.1 Å². The van der Waals surface area contributed by atoms with E-state index in [0.29, 0.717) is 0 Å². The van der Waals surface area contributed by atoms with Crippen molar-refractivity contribution in [1.29, 1.82) is 0 Å². The highest BCUT2D eigenvalue weighted by Gasteiger charge is 1.97. The molecule has 0 aliphatic carbocycles. The Morgan fingerprint density at radius 2 is 2.20 bits per heavy atom. The lowest BCUT2D eigenvalue weighted by Gasteiger charge is -2.02. The van der Waals surface area contributed by atoms with Crippen molar-refractivity contribution in [3.8, 4) is 0 Å². The average Bonchev–Trinajstić information content (AvgIpc) is 1.95. The predicted octanol–water partition coefficient (Wildman–Crippen LogP) is 2.06. The van der Waals surface area contributed by atoms with Crippen LogP contribution in [0.15, 0.2) is 6.20 Å². The van der Waals surface area contributed by atoms with Crippen molar-refractivity contribution in [3.63, 3.8) is 0 Å². The molecule has 0 spiro atoms. The molecule has 10 heavy (non-hydrogen) atoms. The first kappa shape index (κ1) is 7.26. The Bertz CT molecular complexity index is 228. The predicted molar refractivity (Wildman–Crippen MR) is 41.9 cm³/mol. The summed E-state index contributed by atoms with van der Waals surface area (Å²) in [6.45, 7) is 6.30. The molecule has 1 heteroatoms. The standard InChI is InChI=1S/C9H12N/c1-4-9-6-10-5-7(2)8(9)3/h6H,4H2,1-3H3. The van der Waals surface area contributed by atoms with Crippen LogP contribution in [-0.4, -0.2) is 4.98 Å². The molecule has 0 saturated carbocycles. The fourth-order valence-corrected chi connectivity index (χ4v) is 0.985. The van der Waals surface area contributed by atoms with Crippen molar-refractivity contribution in [2.45, 2.75) is 27.2 Å². The van der Waals surface area contributed by atoms with Gasteiger partial charge in [-0.3, -0.25) is 4.98 Å². The molecule has 1 heterocycles. The van der Waals surface area contributed by atoms with E-state index in [-0.39, 0.29) is 0 Å². The first-order valence-corrected chi connectivity index (χ1v) is 3.58. The molecule has 0 amide bonds. The van der Waals surface area contributed by atoms with Gasteiger partial charge >= 0.3 is 0 Å². The second-order valence-corrected chi connectivity index (χ2v) is 2.50. The maximum absolute atomic E-state index is 3.99. The van der Waals surface area contributed by atoms with E-state index in [2.05, 4.69) is 25.0 Å². The van der Waals surface area contributed by atoms with Crippen LogP contribution in [0, 0.1) is 20.0 Å². The number of aryl methyl sites for hydroxylation is 2. The fraction of sp³-hybridized carbons (Fsp3) is 0.444. The van der Waals surface area contributed by atoms with Gasteiger partial charge in [-0.15, -0.1) is 0 Å². The summed E-state index contributed by atoms with van der Waals surface area (Å²) in [5, 5.41) is 0. The van der Waals surface area contributed by atoms with Gasteiger partial charge in [-0.1, -0.05) is 6.92 Å². The third kappa shape index (κ3) is 1.18. The van der Waals surface area contributed by atoms with E-state index >= 15 is 0 Å². The summed E-state index contributed by atoms with van der Waals surface area (Å²) in [4.78, 5) is 3.99. The van der Waals surface area contributed by atoms with E-state index in [4.69, 9.17) is 0 Å². The second kappa shape index (κ2) is 2.82. The van der Waals surface area contributed by atoms with Crippen molar-refractivity contribution in [2.75, 3.05) is 0 Å². The molecule has 0 aliphatic rings. The second-order valence-electron chi connectivity index (χ2n) is 2.50. The van der Waals surface area contributed by atoms with E-state index in [1.54, 1.807) is 0 Å². The summed E-state index contributed by atoms with van der Waals surface area (Å²) < 4.78 is 0. The van der Waals surface area contributed by atoms with Crippen LogP contribution in [0.1, 0.15) is 23.6 Å². The monoisotopic (exact) mass is 134 g/mol. The molecule has 0 bridgehead atoms. The van der Waals surface area contributed by atoms with E-state index < -0.39 is 0 Å². The summed E-state index contributed by atoms with van der Waals surface area (Å²) in [6.07, 6.45) is 5.88. The maximum atomic E-state index is 3.99. The molecular weight excluding hydrogens is 122 g/mol. The van der Waals surface area contributed by atoms with Crippen molar-refractivity contribution in [1.82, 2.24) is 4.98 Å². The molecule has 0 aromatic carbocycles. The van der Waals surface area contributed by atoms with E-state index in [1.165, 1.54) is 16.7 Å². The van der Waals surface area contributed by atoms with Crippen LogP contribution in [0.4, 0.5) is 0 Å². The molecule has 1 rings (SSSR count). The van der Waals surface area contributed by atoms with Crippen molar-refractivity contribution in [2.24, 2.45) is 0 Å². The van der Waals surface area contributed by atoms with Gasteiger partial charge in [0.05, 0.1) is 6.20 Å². The molecule has 1 nitrogen and oxygen atoms in total. The normalized spacial score (nSPS) is 9.90. The minimum Gasteiger partial charge on any atom is -0.254 e. The van der Waals surface area contributed by atoms with E-state index in [0.717, 1.165) is 6.42 Å². The van der Waals surface area contributed by atoms with Gasteiger partial charge in [-0.05, 0) is 37.0 Å². The van der Waals surface area contributed by atoms with Gasteiger partial charge in [-0.2, -0.15) is 0 Å². The smallest absolute Gasteiger partial charge is 0.0920 e. The van der Waals surface area contributed by atoms with Crippen molar-refractivity contribution >= 4 is 0 Å². The third-order valence-corrected chi connectivity index (χ3v) is 1.88. The summed E-state index contributed by atoms with van der Waals surface area (Å²) in [5.74, 6) is 0. The number of aromatic nitrogens is 1. The molecule has 0 atom stereocenters. The number of rotatable bonds is 1. The molecule has 0 saturated heterocycles. The summed E-state index contributed by atoms with van der Waals surface area (Å²) in [7, 11) is 0. The van der Waals surface area contributed by atoms with Gasteiger partial charge in [0, 0.05) is 6.20 Å². The Labute approximate surface area is 62.1 Å². The van der Waals surface area contributed by atoms with Crippen molar-refractivity contribution in [3.05, 3.63) is 29.1 Å². The van der Waals surface area contributed by atoms with Gasteiger partial charge in [0.1, 0.15) is 0 Å². The van der Waals surface area contributed by atoms with E-state index in [9.17, 15) is 0 Å². The highest BCUT2D eigenvalue weighted by molar-refractivity contribution is 5.28. The van der Waals surface area contributed by atoms with Crippen LogP contribution in [0.5, 0.6) is 0 Å². The summed E-state index contributed by atoms with van der Waals surface area (Å²) in [5.41, 5.74) is 3.83. The average molecular weight is 134 g/mol. The molecule has 1 aromatic rings. The topological polar surface area (TPSA) is 12.9 Å². The Morgan fingerprint density at radius 1 is 1.50 bits per heavy atom. The molecule has 0 fully saturated rings. The lowest BCUT2D eigenvalue weighted by molar-refractivity contribution is 1.05. The van der Waals surface area contributed by atoms with Gasteiger partial charge in [-0.25, -0.2) is 0 Å². The zero-order valence-electron chi connectivity index (χ0n) is 6.73. The number of pyridine rings is 1. The summed E-state index contributed by atoms with van der Waals surface area (Å²) >= 11 is 0. The number of hydrogen-bond donors (Lipinski definition) is 0. The molecular formula is C9H12N. The van der Waals surface area contributed by atoms with Gasteiger partial charge in [0.25, 0.3) is 0 Å². The van der Waals surface area contributed by atoms with Crippen LogP contribution in [0.25, 0.3) is 0 Å². The Balaban J connectivity index is 3.14. The quantitative estimate of drug-likeness (QED) is 0.573. The van der Waals surface area contributed by atoms with Crippen LogP contribution < -0.4 is 0 Å². The Kier molecular flexibility index (Phi) is 2.05. The zero-order valence-corrected chi connectivity index (χ0v) is 6.73. The number of hydrogen-bond acceptors (Lipinski definition) is 1. The first-order valence-electron chi connectivity index (χ1n) is 3.58. The minimum absolute atomic E-state index is 1.06. The molecule has 0 aliphatic heterocycles. The SMILES string of the molecule is CCc1cn[c]c(C)c1C. The number of nitrogens with zero attached hydrogens (tertiary/aromatic N) is 1. The van der Waals surface area contributed by atoms with Crippen LogP contribution in [0.3, 0.4) is 0 Å². The zero-order chi connectivity index (χ0) is 7.56. The van der Waals surface area contributed by atoms with Crippen LogP contribution >= 0.6 is 0 Å². The van der Waals surface area contributed by atoms with Crippen molar-refractivity contribution < 1.29 is 0 Å². The fourth-order valence-electron chi connectivity index (χ4n) is 0.985. The van der Waals surface area contributed by atoms with Crippen LogP contribution in [0.2, 0.25) is 0 Å². The lowest BCUT2D eigenvalue weighted by Crippen LogP contribution is -1.91. The highest BCUT2D eigenvalue weighted by Crippen LogP contribution is 2.09. The largest absolute Gasteiger partial charge is 0.254 e.